The van der Waals surface area contributed by atoms with Crippen molar-refractivity contribution in [3.8, 4) is 0 Å². The summed E-state index contributed by atoms with van der Waals surface area (Å²) in [5.41, 5.74) is 0. The van der Waals surface area contributed by atoms with Crippen LogP contribution in [0, 0.1) is 0 Å². The van der Waals surface area contributed by atoms with Crippen molar-refractivity contribution < 1.29 is 35.1 Å². The molecule has 0 heterocycles. The minimum Gasteiger partial charge on any atom is -0.463 e. The average Bonchev–Trinajstić information content (AvgIpc) is 2.49. The van der Waals surface area contributed by atoms with Crippen molar-refractivity contribution in [1.82, 2.24) is 0 Å². The molecule has 0 bridgehead atoms. The van der Waals surface area contributed by atoms with E-state index >= 15 is 0 Å². The molecule has 0 unspecified atom stereocenters. The predicted octanol–water partition coefficient (Wildman–Crippen LogP) is -0.674. The van der Waals surface area contributed by atoms with E-state index in [0.717, 1.165) is 25.7 Å². The maximum Gasteiger partial charge on any atom is 0.305 e. The van der Waals surface area contributed by atoms with Crippen molar-refractivity contribution in [2.75, 3.05) is 13.2 Å². The van der Waals surface area contributed by atoms with Gasteiger partial charge in [0.1, 0.15) is 31.0 Å². The molecule has 0 saturated carbocycles. The molecular weight excluding hydrogens is 280 g/mol. The smallest absolute Gasteiger partial charge is 0.305 e. The van der Waals surface area contributed by atoms with Crippen LogP contribution in [-0.4, -0.2) is 69.1 Å². The quantitative estimate of drug-likeness (QED) is 0.239. The van der Waals surface area contributed by atoms with Crippen molar-refractivity contribution >= 4 is 5.97 Å². The van der Waals surface area contributed by atoms with Crippen LogP contribution in [0.2, 0.25) is 0 Å². The first kappa shape index (κ1) is 20.3. The summed E-state index contributed by atoms with van der Waals surface area (Å²) in [6.07, 6.45) is -1.29. The molecule has 7 nitrogen and oxygen atoms in total. The fourth-order valence-corrected chi connectivity index (χ4v) is 1.79. The van der Waals surface area contributed by atoms with Crippen molar-refractivity contribution in [1.29, 1.82) is 0 Å². The second-order valence-corrected chi connectivity index (χ2v) is 5.15. The van der Waals surface area contributed by atoms with E-state index < -0.39 is 43.6 Å². The molecule has 0 fully saturated rings. The van der Waals surface area contributed by atoms with Crippen LogP contribution in [0.4, 0.5) is 0 Å². The molecule has 5 N–H and O–H groups in total. The van der Waals surface area contributed by atoms with Gasteiger partial charge in [-0.25, -0.2) is 0 Å². The fraction of sp³-hybridized carbons (Fsp3) is 0.929. The van der Waals surface area contributed by atoms with E-state index in [4.69, 9.17) is 14.9 Å². The molecule has 0 saturated heterocycles. The zero-order valence-corrected chi connectivity index (χ0v) is 12.5. The zero-order valence-electron chi connectivity index (χ0n) is 12.5. The van der Waals surface area contributed by atoms with E-state index in [9.17, 15) is 20.1 Å². The van der Waals surface area contributed by atoms with Gasteiger partial charge in [-0.3, -0.25) is 4.79 Å². The van der Waals surface area contributed by atoms with Gasteiger partial charge in [-0.2, -0.15) is 0 Å². The van der Waals surface area contributed by atoms with Gasteiger partial charge < -0.3 is 30.3 Å². The summed E-state index contributed by atoms with van der Waals surface area (Å²) in [5.74, 6) is -0.477. The number of ether oxygens (including phenoxy) is 1. The van der Waals surface area contributed by atoms with Gasteiger partial charge in [-0.1, -0.05) is 32.6 Å². The van der Waals surface area contributed by atoms with Crippen LogP contribution in [0.15, 0.2) is 0 Å². The molecule has 0 aromatic rings. The Labute approximate surface area is 125 Å². The summed E-state index contributed by atoms with van der Waals surface area (Å²) >= 11 is 0. The highest BCUT2D eigenvalue weighted by molar-refractivity contribution is 5.69. The van der Waals surface area contributed by atoms with E-state index in [1.165, 1.54) is 0 Å². The molecule has 0 aliphatic carbocycles. The summed E-state index contributed by atoms with van der Waals surface area (Å²) in [5, 5.41) is 46.2. The number of carbonyl (C=O) groups is 1. The molecule has 0 amide bonds. The molecule has 0 rings (SSSR count). The summed E-state index contributed by atoms with van der Waals surface area (Å²) in [4.78, 5) is 11.4. The van der Waals surface area contributed by atoms with Gasteiger partial charge in [0.25, 0.3) is 0 Å². The van der Waals surface area contributed by atoms with Crippen LogP contribution in [0.1, 0.15) is 45.4 Å². The van der Waals surface area contributed by atoms with Crippen LogP contribution in [0.5, 0.6) is 0 Å². The van der Waals surface area contributed by atoms with Gasteiger partial charge in [-0.15, -0.1) is 0 Å². The van der Waals surface area contributed by atoms with Crippen LogP contribution in [-0.2, 0) is 9.53 Å². The summed E-state index contributed by atoms with van der Waals surface area (Å²) in [7, 11) is 0. The number of aliphatic hydroxyl groups excluding tert-OH is 5. The molecule has 0 spiro atoms. The van der Waals surface area contributed by atoms with E-state index in [1.807, 2.05) is 0 Å². The van der Waals surface area contributed by atoms with Gasteiger partial charge in [0, 0.05) is 6.42 Å². The Morgan fingerprint density at radius 1 is 0.952 bits per heavy atom. The summed E-state index contributed by atoms with van der Waals surface area (Å²) < 4.78 is 4.79. The van der Waals surface area contributed by atoms with E-state index in [0.29, 0.717) is 6.42 Å². The highest BCUT2D eigenvalue weighted by atomic mass is 16.5. The second kappa shape index (κ2) is 11.9. The van der Waals surface area contributed by atoms with Crippen LogP contribution in [0.25, 0.3) is 0 Å². The average molecular weight is 308 g/mol. The third kappa shape index (κ3) is 9.00. The van der Waals surface area contributed by atoms with Crippen LogP contribution in [0.3, 0.4) is 0 Å². The maximum atomic E-state index is 11.4. The number of aliphatic hydroxyl groups is 5. The molecular formula is C14H28O7. The third-order valence-electron chi connectivity index (χ3n) is 3.22. The lowest BCUT2D eigenvalue weighted by atomic mass is 10.0. The number of hydrogen-bond donors (Lipinski definition) is 5. The van der Waals surface area contributed by atoms with E-state index in [1.54, 1.807) is 0 Å². The monoisotopic (exact) mass is 308 g/mol. The number of esters is 1. The first-order chi connectivity index (χ1) is 9.93. The molecule has 4 atom stereocenters. The van der Waals surface area contributed by atoms with Crippen molar-refractivity contribution in [3.05, 3.63) is 0 Å². The third-order valence-corrected chi connectivity index (χ3v) is 3.22. The highest BCUT2D eigenvalue weighted by Crippen LogP contribution is 2.08. The molecule has 126 valence electrons. The molecule has 21 heavy (non-hydrogen) atoms. The Hall–Kier alpha value is -0.730. The van der Waals surface area contributed by atoms with Crippen LogP contribution >= 0.6 is 0 Å². The number of unbranched alkanes of at least 4 members (excludes halogenated alkanes) is 4. The minimum absolute atomic E-state index is 0.244. The molecule has 0 aliphatic rings. The first-order valence-electron chi connectivity index (χ1n) is 7.42. The number of rotatable bonds is 12. The zero-order chi connectivity index (χ0) is 16.3. The van der Waals surface area contributed by atoms with Gasteiger partial charge in [0.15, 0.2) is 0 Å². The largest absolute Gasteiger partial charge is 0.463 e. The Morgan fingerprint density at radius 2 is 1.52 bits per heavy atom. The van der Waals surface area contributed by atoms with Crippen molar-refractivity contribution in [2.45, 2.75) is 69.9 Å². The standard InChI is InChI=1S/C14H28O7/c1-2-3-4-5-6-7-12(18)21-9-11(17)14(20)13(19)10(16)8-15/h10-11,13-17,19-20H,2-9H2,1H3/t10-,11-,13-,14-/m0/s1. The lowest BCUT2D eigenvalue weighted by Crippen LogP contribution is -2.47. The molecule has 0 radical (unpaired) electrons. The lowest BCUT2D eigenvalue weighted by molar-refractivity contribution is -0.156. The number of carbonyl (C=O) groups excluding carboxylic acids is 1. The fourth-order valence-electron chi connectivity index (χ4n) is 1.79. The Bertz CT molecular complexity index is 272. The van der Waals surface area contributed by atoms with Crippen molar-refractivity contribution in [3.63, 3.8) is 0 Å². The number of hydrogen-bond acceptors (Lipinski definition) is 7. The van der Waals surface area contributed by atoms with Gasteiger partial charge in [-0.05, 0) is 6.42 Å². The lowest BCUT2D eigenvalue weighted by Gasteiger charge is -2.25. The first-order valence-corrected chi connectivity index (χ1v) is 7.42. The second-order valence-electron chi connectivity index (χ2n) is 5.15. The van der Waals surface area contributed by atoms with E-state index in [-0.39, 0.29) is 6.42 Å². The Balaban J connectivity index is 3.85. The van der Waals surface area contributed by atoms with Gasteiger partial charge in [0.05, 0.1) is 6.61 Å². The van der Waals surface area contributed by atoms with Crippen LogP contribution < -0.4 is 0 Å². The highest BCUT2D eigenvalue weighted by Gasteiger charge is 2.30. The Kier molecular flexibility index (Phi) is 11.5. The molecule has 0 aliphatic heterocycles. The predicted molar refractivity (Wildman–Crippen MR) is 75.4 cm³/mol. The molecule has 0 aromatic carbocycles. The van der Waals surface area contributed by atoms with Gasteiger partial charge >= 0.3 is 5.97 Å². The Morgan fingerprint density at radius 3 is 2.10 bits per heavy atom. The van der Waals surface area contributed by atoms with E-state index in [2.05, 4.69) is 6.92 Å². The summed E-state index contributed by atoms with van der Waals surface area (Å²) in [6, 6.07) is 0. The SMILES string of the molecule is CCCCCCCC(=O)OC[C@H](O)[C@H](O)[C@@H](O)[C@@H](O)CO. The normalized spacial score (nSPS) is 17.0. The molecule has 7 heteroatoms. The molecule has 0 aromatic heterocycles. The minimum atomic E-state index is -1.71. The topological polar surface area (TPSA) is 127 Å². The summed E-state index contributed by atoms with van der Waals surface area (Å²) in [6.45, 7) is 0.885. The van der Waals surface area contributed by atoms with Gasteiger partial charge in [0.2, 0.25) is 0 Å². The maximum absolute atomic E-state index is 11.4. The van der Waals surface area contributed by atoms with Crippen molar-refractivity contribution in [2.24, 2.45) is 0 Å².